The highest BCUT2D eigenvalue weighted by atomic mass is 16.2. The van der Waals surface area contributed by atoms with Gasteiger partial charge in [0.2, 0.25) is 0 Å². The van der Waals surface area contributed by atoms with E-state index in [0.717, 1.165) is 31.4 Å². The molecule has 4 heteroatoms. The first-order valence-electron chi connectivity index (χ1n) is 11.5. The van der Waals surface area contributed by atoms with Crippen molar-refractivity contribution in [1.82, 2.24) is 4.90 Å². The number of carbonyl (C=O) groups is 1. The third kappa shape index (κ3) is 7.56. The Morgan fingerprint density at radius 2 is 1.54 bits per heavy atom. The average Bonchev–Trinajstić information content (AvgIpc) is 3.19. The largest absolute Gasteiger partial charge is 0.333 e. The summed E-state index contributed by atoms with van der Waals surface area (Å²) >= 11 is 0. The number of aryl methyl sites for hydroxylation is 1. The van der Waals surface area contributed by atoms with Crippen molar-refractivity contribution in [3.05, 3.63) is 35.4 Å². The van der Waals surface area contributed by atoms with E-state index in [4.69, 9.17) is 11.5 Å². The number of hydrogen-bond donors (Lipinski definition) is 2. The third-order valence-electron chi connectivity index (χ3n) is 6.02. The molecule has 4 nitrogen and oxygen atoms in total. The van der Waals surface area contributed by atoms with Gasteiger partial charge in [0.15, 0.2) is 0 Å². The quantitative estimate of drug-likeness (QED) is 0.369. The van der Waals surface area contributed by atoms with Gasteiger partial charge in [-0.1, -0.05) is 76.8 Å². The van der Waals surface area contributed by atoms with Crippen LogP contribution in [0, 0.1) is 0 Å². The Morgan fingerprint density at radius 3 is 2.11 bits per heavy atom. The Bertz CT molecular complexity index is 555. The maximum atomic E-state index is 12.7. The van der Waals surface area contributed by atoms with Gasteiger partial charge in [0.25, 0.3) is 5.91 Å². The summed E-state index contributed by atoms with van der Waals surface area (Å²) in [5.74, 6) is 0.0638. The van der Waals surface area contributed by atoms with E-state index in [-0.39, 0.29) is 11.9 Å². The summed E-state index contributed by atoms with van der Waals surface area (Å²) in [4.78, 5) is 14.6. The van der Waals surface area contributed by atoms with E-state index in [9.17, 15) is 4.79 Å². The van der Waals surface area contributed by atoms with Crippen LogP contribution in [0.3, 0.4) is 0 Å². The monoisotopic (exact) mass is 387 g/mol. The summed E-state index contributed by atoms with van der Waals surface area (Å²) in [6.45, 7) is 3.03. The molecule has 1 saturated heterocycles. The van der Waals surface area contributed by atoms with Gasteiger partial charge in [0.05, 0.1) is 12.2 Å². The van der Waals surface area contributed by atoms with Crippen molar-refractivity contribution >= 4 is 5.91 Å². The molecule has 1 atom stereocenters. The Morgan fingerprint density at radius 1 is 0.964 bits per heavy atom. The maximum absolute atomic E-state index is 12.7. The van der Waals surface area contributed by atoms with Crippen LogP contribution in [0.1, 0.15) is 99.9 Å². The molecule has 0 spiro atoms. The molecule has 0 saturated carbocycles. The molecule has 1 amide bonds. The van der Waals surface area contributed by atoms with E-state index in [2.05, 4.69) is 19.1 Å². The molecule has 1 heterocycles. The van der Waals surface area contributed by atoms with Crippen LogP contribution in [0.25, 0.3) is 0 Å². The van der Waals surface area contributed by atoms with E-state index in [1.807, 2.05) is 17.0 Å². The number of rotatable bonds is 13. The molecule has 1 aromatic rings. The molecular weight excluding hydrogens is 346 g/mol. The Labute approximate surface area is 172 Å². The second-order valence-corrected chi connectivity index (χ2v) is 8.41. The lowest BCUT2D eigenvalue weighted by molar-refractivity contribution is 0.0718. The Hall–Kier alpha value is -1.39. The average molecular weight is 388 g/mol. The number of benzene rings is 1. The first-order valence-corrected chi connectivity index (χ1v) is 11.5. The maximum Gasteiger partial charge on any atom is 0.254 e. The number of unbranched alkanes of at least 4 members (excludes halogenated alkanes) is 9. The zero-order valence-electron chi connectivity index (χ0n) is 17.9. The van der Waals surface area contributed by atoms with E-state index in [0.29, 0.717) is 0 Å². The smallest absolute Gasteiger partial charge is 0.254 e. The highest BCUT2D eigenvalue weighted by Crippen LogP contribution is 2.21. The molecule has 1 aliphatic heterocycles. The minimum Gasteiger partial charge on any atom is -0.333 e. The molecule has 158 valence electrons. The Balaban J connectivity index is 1.63. The molecular formula is C24H41N3O. The minimum absolute atomic E-state index is 0.0289. The zero-order valence-corrected chi connectivity index (χ0v) is 17.9. The number of nitrogens with two attached hydrogens (primary N) is 2. The molecule has 28 heavy (non-hydrogen) atoms. The second kappa shape index (κ2) is 12.9. The molecule has 2 rings (SSSR count). The standard InChI is InChI=1S/C24H41N3O/c1-2-3-4-5-6-7-8-9-10-11-13-20-15-17-21(18-16-20)24(28)27-19-12-14-22(27)23(25)26/h15-18,22-23H,2-14,19,25-26H2,1H3/t22-/m0/s1. The van der Waals surface area contributed by atoms with Crippen molar-refractivity contribution in [2.45, 2.75) is 103 Å². The lowest BCUT2D eigenvalue weighted by Gasteiger charge is -2.27. The summed E-state index contributed by atoms with van der Waals surface area (Å²) in [7, 11) is 0. The fraction of sp³-hybridized carbons (Fsp3) is 0.708. The predicted molar refractivity (Wildman–Crippen MR) is 118 cm³/mol. The Kier molecular flexibility index (Phi) is 10.6. The van der Waals surface area contributed by atoms with Crippen molar-refractivity contribution < 1.29 is 4.79 Å². The van der Waals surface area contributed by atoms with E-state index >= 15 is 0 Å². The predicted octanol–water partition coefficient (Wildman–Crippen LogP) is 5.00. The van der Waals surface area contributed by atoms with Crippen LogP contribution in [0.2, 0.25) is 0 Å². The first-order chi connectivity index (χ1) is 13.6. The topological polar surface area (TPSA) is 72.3 Å². The van der Waals surface area contributed by atoms with Gasteiger partial charge in [-0.25, -0.2) is 0 Å². The SMILES string of the molecule is CCCCCCCCCCCCc1ccc(C(=O)N2CCC[C@H]2C(N)N)cc1. The third-order valence-corrected chi connectivity index (χ3v) is 6.02. The van der Waals surface area contributed by atoms with Crippen LogP contribution >= 0.6 is 0 Å². The highest BCUT2D eigenvalue weighted by molar-refractivity contribution is 5.94. The van der Waals surface area contributed by atoms with Gasteiger partial charge in [0, 0.05) is 12.1 Å². The van der Waals surface area contributed by atoms with Crippen molar-refractivity contribution in [3.8, 4) is 0 Å². The number of hydrogen-bond acceptors (Lipinski definition) is 3. The summed E-state index contributed by atoms with van der Waals surface area (Å²) in [6, 6.07) is 8.11. The van der Waals surface area contributed by atoms with Gasteiger partial charge < -0.3 is 16.4 Å². The molecule has 4 N–H and O–H groups in total. The number of carbonyl (C=O) groups excluding carboxylic acids is 1. The summed E-state index contributed by atoms with van der Waals surface area (Å²) in [5.41, 5.74) is 13.7. The van der Waals surface area contributed by atoms with Crippen LogP contribution in [-0.4, -0.2) is 29.6 Å². The fourth-order valence-corrected chi connectivity index (χ4v) is 4.24. The van der Waals surface area contributed by atoms with Crippen molar-refractivity contribution in [3.63, 3.8) is 0 Å². The van der Waals surface area contributed by atoms with Crippen LogP contribution < -0.4 is 11.5 Å². The fourth-order valence-electron chi connectivity index (χ4n) is 4.24. The van der Waals surface area contributed by atoms with Crippen LogP contribution in [0.15, 0.2) is 24.3 Å². The second-order valence-electron chi connectivity index (χ2n) is 8.41. The molecule has 0 radical (unpaired) electrons. The minimum atomic E-state index is -0.456. The first kappa shape index (κ1) is 22.9. The van der Waals surface area contributed by atoms with Crippen molar-refractivity contribution in [1.29, 1.82) is 0 Å². The van der Waals surface area contributed by atoms with Gasteiger partial charge in [-0.2, -0.15) is 0 Å². The lowest BCUT2D eigenvalue weighted by atomic mass is 10.0. The number of nitrogens with zero attached hydrogens (tertiary/aromatic N) is 1. The molecule has 1 aromatic carbocycles. The summed E-state index contributed by atoms with van der Waals surface area (Å²) < 4.78 is 0. The van der Waals surface area contributed by atoms with E-state index in [1.54, 1.807) is 0 Å². The molecule has 0 aromatic heterocycles. The van der Waals surface area contributed by atoms with Crippen LogP contribution in [0.5, 0.6) is 0 Å². The lowest BCUT2D eigenvalue weighted by Crippen LogP contribution is -2.51. The highest BCUT2D eigenvalue weighted by Gasteiger charge is 2.31. The number of likely N-dealkylation sites (tertiary alicyclic amines) is 1. The molecule has 1 aliphatic rings. The van der Waals surface area contributed by atoms with Gasteiger partial charge in [-0.3, -0.25) is 4.79 Å². The van der Waals surface area contributed by atoms with Gasteiger partial charge >= 0.3 is 0 Å². The summed E-state index contributed by atoms with van der Waals surface area (Å²) in [5, 5.41) is 0. The van der Waals surface area contributed by atoms with Gasteiger partial charge in [-0.15, -0.1) is 0 Å². The van der Waals surface area contributed by atoms with Crippen LogP contribution in [-0.2, 0) is 6.42 Å². The van der Waals surface area contributed by atoms with Crippen molar-refractivity contribution in [2.24, 2.45) is 11.5 Å². The zero-order chi connectivity index (χ0) is 20.2. The normalized spacial score (nSPS) is 16.9. The number of amides is 1. The van der Waals surface area contributed by atoms with E-state index < -0.39 is 6.17 Å². The van der Waals surface area contributed by atoms with Gasteiger partial charge in [0.1, 0.15) is 0 Å². The molecule has 0 aliphatic carbocycles. The molecule has 0 bridgehead atoms. The molecule has 0 unspecified atom stereocenters. The van der Waals surface area contributed by atoms with Crippen molar-refractivity contribution in [2.75, 3.05) is 6.54 Å². The summed E-state index contributed by atoms with van der Waals surface area (Å²) in [6.07, 6.45) is 16.1. The molecule has 1 fully saturated rings. The van der Waals surface area contributed by atoms with Gasteiger partial charge in [-0.05, 0) is 43.4 Å². The van der Waals surface area contributed by atoms with E-state index in [1.165, 1.54) is 69.8 Å². The van der Waals surface area contributed by atoms with Crippen LogP contribution in [0.4, 0.5) is 0 Å².